The normalized spacial score (nSPS) is 11.8. The smallest absolute Gasteiger partial charge is 0.356 e. The van der Waals surface area contributed by atoms with Crippen LogP contribution in [0, 0.1) is 5.92 Å². The molecule has 1 heterocycles. The number of benzene rings is 1. The summed E-state index contributed by atoms with van der Waals surface area (Å²) in [7, 11) is 1.61. The molecule has 25 heavy (non-hydrogen) atoms. The number of carboxylic acid groups (broad SMARTS) is 1. The lowest BCUT2D eigenvalue weighted by Crippen LogP contribution is -2.40. The van der Waals surface area contributed by atoms with Crippen LogP contribution in [0.25, 0.3) is 0 Å². The van der Waals surface area contributed by atoms with E-state index >= 15 is 0 Å². The van der Waals surface area contributed by atoms with E-state index in [4.69, 9.17) is 9.84 Å². The first-order valence-corrected chi connectivity index (χ1v) is 7.90. The van der Waals surface area contributed by atoms with Crippen molar-refractivity contribution in [1.82, 2.24) is 15.3 Å². The van der Waals surface area contributed by atoms with E-state index in [9.17, 15) is 9.59 Å². The molecular formula is C18H21N3O4. The van der Waals surface area contributed by atoms with Gasteiger partial charge < -0.3 is 15.2 Å². The quantitative estimate of drug-likeness (QED) is 0.799. The Morgan fingerprint density at radius 1 is 1.16 bits per heavy atom. The second-order valence-electron chi connectivity index (χ2n) is 5.93. The molecule has 0 aliphatic carbocycles. The number of hydrogen-bond donors (Lipinski definition) is 2. The summed E-state index contributed by atoms with van der Waals surface area (Å²) in [6, 6.07) is 7.52. The van der Waals surface area contributed by atoms with E-state index in [1.54, 1.807) is 7.11 Å². The molecule has 1 aromatic carbocycles. The maximum atomic E-state index is 12.4. The summed E-state index contributed by atoms with van der Waals surface area (Å²) in [5.41, 5.74) is 0.873. The van der Waals surface area contributed by atoms with Gasteiger partial charge in [0.1, 0.15) is 11.4 Å². The molecule has 132 valence electrons. The minimum Gasteiger partial charge on any atom is -0.496 e. The molecule has 1 aromatic heterocycles. The highest BCUT2D eigenvalue weighted by molar-refractivity contribution is 5.93. The maximum absolute atomic E-state index is 12.4. The Kier molecular flexibility index (Phi) is 6.05. The molecule has 2 N–H and O–H groups in total. The van der Waals surface area contributed by atoms with Crippen molar-refractivity contribution in [3.05, 3.63) is 53.6 Å². The van der Waals surface area contributed by atoms with Crippen molar-refractivity contribution in [2.24, 2.45) is 5.92 Å². The number of carboxylic acids is 1. The minimum atomic E-state index is -1.18. The molecule has 0 aliphatic heterocycles. The van der Waals surface area contributed by atoms with Gasteiger partial charge in [0.15, 0.2) is 5.69 Å². The molecule has 0 radical (unpaired) electrons. The first-order chi connectivity index (χ1) is 11.9. The lowest BCUT2D eigenvalue weighted by Gasteiger charge is -2.23. The summed E-state index contributed by atoms with van der Waals surface area (Å²) in [5, 5.41) is 11.8. The Hall–Kier alpha value is -2.96. The van der Waals surface area contributed by atoms with Crippen LogP contribution in [0.15, 0.2) is 36.7 Å². The van der Waals surface area contributed by atoms with Crippen LogP contribution in [0.1, 0.15) is 40.4 Å². The number of carbonyl (C=O) groups is 2. The molecule has 0 aliphatic rings. The van der Waals surface area contributed by atoms with E-state index in [0.29, 0.717) is 6.42 Å². The van der Waals surface area contributed by atoms with E-state index in [1.807, 2.05) is 38.1 Å². The lowest BCUT2D eigenvalue weighted by molar-refractivity contribution is 0.0688. The third-order valence-corrected chi connectivity index (χ3v) is 3.86. The van der Waals surface area contributed by atoms with Gasteiger partial charge in [0.05, 0.1) is 19.5 Å². The van der Waals surface area contributed by atoms with E-state index < -0.39 is 11.9 Å². The van der Waals surface area contributed by atoms with Crippen LogP contribution in [0.3, 0.4) is 0 Å². The highest BCUT2D eigenvalue weighted by Crippen LogP contribution is 2.21. The number of para-hydroxylation sites is 1. The Balaban J connectivity index is 2.13. The van der Waals surface area contributed by atoms with Gasteiger partial charge in [0.25, 0.3) is 5.91 Å². The maximum Gasteiger partial charge on any atom is 0.356 e. The van der Waals surface area contributed by atoms with Crippen LogP contribution in [0.5, 0.6) is 5.75 Å². The molecule has 7 heteroatoms. The number of hydrogen-bond acceptors (Lipinski definition) is 5. The molecule has 7 nitrogen and oxygen atoms in total. The van der Waals surface area contributed by atoms with Crippen LogP contribution >= 0.6 is 0 Å². The van der Waals surface area contributed by atoms with Gasteiger partial charge in [0.2, 0.25) is 0 Å². The second kappa shape index (κ2) is 8.23. The zero-order valence-corrected chi connectivity index (χ0v) is 14.4. The molecule has 0 bridgehead atoms. The number of methoxy groups -OCH3 is 1. The van der Waals surface area contributed by atoms with E-state index in [-0.39, 0.29) is 23.3 Å². The van der Waals surface area contributed by atoms with Crippen molar-refractivity contribution in [2.75, 3.05) is 7.11 Å². The molecule has 1 unspecified atom stereocenters. The lowest BCUT2D eigenvalue weighted by atomic mass is 9.95. The molecule has 0 fully saturated rings. The third-order valence-electron chi connectivity index (χ3n) is 3.86. The topological polar surface area (TPSA) is 101 Å². The monoisotopic (exact) mass is 343 g/mol. The minimum absolute atomic E-state index is 0.0793. The molecule has 1 amide bonds. The van der Waals surface area contributed by atoms with Crippen LogP contribution in [0.2, 0.25) is 0 Å². The van der Waals surface area contributed by atoms with Crippen LogP contribution in [-0.4, -0.2) is 40.1 Å². The first kappa shape index (κ1) is 18.4. The summed E-state index contributed by atoms with van der Waals surface area (Å²) in [5.74, 6) is -0.623. The fourth-order valence-electron chi connectivity index (χ4n) is 2.36. The number of aromatic nitrogens is 2. The standard InChI is InChI=1S/C18H21N3O4/c1-11(2)13(8-12-6-4-5-7-16(12)25-3)21-17(22)14-9-20-15(10-19-14)18(23)24/h4-7,9-11,13H,8H2,1-3H3,(H,21,22)(H,23,24). The van der Waals surface area contributed by atoms with Crippen molar-refractivity contribution >= 4 is 11.9 Å². The summed E-state index contributed by atoms with van der Waals surface area (Å²) in [4.78, 5) is 30.8. The van der Waals surface area contributed by atoms with Gasteiger partial charge in [-0.1, -0.05) is 32.0 Å². The van der Waals surface area contributed by atoms with Crippen LogP contribution in [-0.2, 0) is 6.42 Å². The number of ether oxygens (including phenoxy) is 1. The number of aromatic carboxylic acids is 1. The van der Waals surface area contributed by atoms with Gasteiger partial charge in [-0.3, -0.25) is 4.79 Å². The predicted octanol–water partition coefficient (Wildman–Crippen LogP) is 2.18. The van der Waals surface area contributed by atoms with Crippen molar-refractivity contribution in [2.45, 2.75) is 26.3 Å². The fourth-order valence-corrected chi connectivity index (χ4v) is 2.36. The highest BCUT2D eigenvalue weighted by Gasteiger charge is 2.20. The molecule has 0 saturated carbocycles. The summed E-state index contributed by atoms with van der Waals surface area (Å²) in [6.07, 6.45) is 2.84. The molecular weight excluding hydrogens is 322 g/mol. The van der Waals surface area contributed by atoms with Crippen LogP contribution in [0.4, 0.5) is 0 Å². The first-order valence-electron chi connectivity index (χ1n) is 7.90. The van der Waals surface area contributed by atoms with Gasteiger partial charge in [0, 0.05) is 6.04 Å². The van der Waals surface area contributed by atoms with Gasteiger partial charge in [-0.25, -0.2) is 14.8 Å². The Morgan fingerprint density at radius 3 is 2.36 bits per heavy atom. The average molecular weight is 343 g/mol. The largest absolute Gasteiger partial charge is 0.496 e. The number of carbonyl (C=O) groups excluding carboxylic acids is 1. The van der Waals surface area contributed by atoms with Crippen molar-refractivity contribution in [1.29, 1.82) is 0 Å². The summed E-state index contributed by atoms with van der Waals surface area (Å²) >= 11 is 0. The fraction of sp³-hybridized carbons (Fsp3) is 0.333. The van der Waals surface area contributed by atoms with Crippen LogP contribution < -0.4 is 10.1 Å². The van der Waals surface area contributed by atoms with E-state index in [1.165, 1.54) is 6.20 Å². The van der Waals surface area contributed by atoms with Crippen molar-refractivity contribution in [3.63, 3.8) is 0 Å². The van der Waals surface area contributed by atoms with Gasteiger partial charge in [-0.2, -0.15) is 0 Å². The molecule has 0 saturated heterocycles. The predicted molar refractivity (Wildman–Crippen MR) is 91.8 cm³/mol. The average Bonchev–Trinajstić information content (AvgIpc) is 2.61. The number of amides is 1. The van der Waals surface area contributed by atoms with Gasteiger partial charge in [-0.15, -0.1) is 0 Å². The Morgan fingerprint density at radius 2 is 1.80 bits per heavy atom. The third kappa shape index (κ3) is 4.76. The van der Waals surface area contributed by atoms with Gasteiger partial charge >= 0.3 is 5.97 Å². The molecule has 1 atom stereocenters. The Labute approximate surface area is 146 Å². The van der Waals surface area contributed by atoms with Gasteiger partial charge in [-0.05, 0) is 24.0 Å². The molecule has 2 aromatic rings. The number of nitrogens with zero attached hydrogens (tertiary/aromatic N) is 2. The zero-order valence-electron chi connectivity index (χ0n) is 14.4. The summed E-state index contributed by atoms with van der Waals surface area (Å²) < 4.78 is 5.36. The Bertz CT molecular complexity index is 744. The highest BCUT2D eigenvalue weighted by atomic mass is 16.5. The number of rotatable bonds is 7. The van der Waals surface area contributed by atoms with Crippen molar-refractivity contribution < 1.29 is 19.4 Å². The van der Waals surface area contributed by atoms with E-state index in [0.717, 1.165) is 17.5 Å². The number of nitrogens with one attached hydrogen (secondary N) is 1. The van der Waals surface area contributed by atoms with Crippen molar-refractivity contribution in [3.8, 4) is 5.75 Å². The van der Waals surface area contributed by atoms with E-state index in [2.05, 4.69) is 15.3 Å². The molecule has 0 spiro atoms. The zero-order chi connectivity index (χ0) is 18.4. The summed E-state index contributed by atoms with van der Waals surface area (Å²) in [6.45, 7) is 4.03. The SMILES string of the molecule is COc1ccccc1CC(NC(=O)c1cnc(C(=O)O)cn1)C(C)C. The molecule has 2 rings (SSSR count). The second-order valence-corrected chi connectivity index (χ2v) is 5.93.